The van der Waals surface area contributed by atoms with Crippen molar-refractivity contribution in [2.75, 3.05) is 0 Å². The molecular formula is C8H6BrN7OS. The van der Waals surface area contributed by atoms with Crippen molar-refractivity contribution in [1.82, 2.24) is 35.8 Å². The van der Waals surface area contributed by atoms with Crippen LogP contribution in [0, 0.1) is 0 Å². The highest BCUT2D eigenvalue weighted by molar-refractivity contribution is 9.10. The summed E-state index contributed by atoms with van der Waals surface area (Å²) in [6, 6.07) is 3.60. The van der Waals surface area contributed by atoms with Crippen molar-refractivity contribution in [3.63, 3.8) is 0 Å². The summed E-state index contributed by atoms with van der Waals surface area (Å²) >= 11 is 4.64. The molecule has 0 bridgehead atoms. The molecule has 18 heavy (non-hydrogen) atoms. The number of hydrogen-bond donors (Lipinski definition) is 2. The van der Waals surface area contributed by atoms with Gasteiger partial charge in [-0.15, -0.1) is 15.3 Å². The predicted molar refractivity (Wildman–Crippen MR) is 65.5 cm³/mol. The SMILES string of the molecule is Brc1ccc(-c2nc(SCc3nn[nH]n3)n[nH]2)o1. The number of tetrazole rings is 1. The van der Waals surface area contributed by atoms with Crippen molar-refractivity contribution in [3.05, 3.63) is 22.6 Å². The molecule has 92 valence electrons. The van der Waals surface area contributed by atoms with Crippen molar-refractivity contribution in [1.29, 1.82) is 0 Å². The molecule has 3 heterocycles. The molecular weight excluding hydrogens is 322 g/mol. The van der Waals surface area contributed by atoms with Gasteiger partial charge < -0.3 is 4.42 Å². The van der Waals surface area contributed by atoms with E-state index in [9.17, 15) is 0 Å². The number of nitrogens with one attached hydrogen (secondary N) is 2. The molecule has 0 radical (unpaired) electrons. The van der Waals surface area contributed by atoms with Crippen molar-refractivity contribution in [2.24, 2.45) is 0 Å². The van der Waals surface area contributed by atoms with E-state index in [0.29, 0.717) is 33.0 Å². The van der Waals surface area contributed by atoms with Crippen LogP contribution in [-0.4, -0.2) is 35.8 Å². The lowest BCUT2D eigenvalue weighted by Crippen LogP contribution is -1.85. The second kappa shape index (κ2) is 4.90. The minimum Gasteiger partial charge on any atom is -0.446 e. The number of furan rings is 1. The van der Waals surface area contributed by atoms with E-state index in [0.717, 1.165) is 0 Å². The third-order valence-corrected chi connectivity index (χ3v) is 3.26. The monoisotopic (exact) mass is 327 g/mol. The number of H-pyrrole nitrogens is 2. The molecule has 0 aliphatic carbocycles. The van der Waals surface area contributed by atoms with E-state index in [1.807, 2.05) is 0 Å². The van der Waals surface area contributed by atoms with E-state index in [1.54, 1.807) is 12.1 Å². The van der Waals surface area contributed by atoms with Gasteiger partial charge in [-0.2, -0.15) is 10.2 Å². The second-order valence-electron chi connectivity index (χ2n) is 3.19. The molecule has 3 aromatic rings. The molecule has 0 aliphatic rings. The molecule has 3 aromatic heterocycles. The molecule has 8 nitrogen and oxygen atoms in total. The largest absolute Gasteiger partial charge is 0.446 e. The first-order valence-electron chi connectivity index (χ1n) is 4.84. The summed E-state index contributed by atoms with van der Waals surface area (Å²) < 4.78 is 6.02. The summed E-state index contributed by atoms with van der Waals surface area (Å²) in [5.41, 5.74) is 0. The van der Waals surface area contributed by atoms with Crippen LogP contribution in [0.15, 0.2) is 26.4 Å². The predicted octanol–water partition coefficient (Wildman–Crippen LogP) is 1.63. The average Bonchev–Trinajstić information content (AvgIpc) is 3.07. The summed E-state index contributed by atoms with van der Waals surface area (Å²) in [5.74, 6) is 2.36. The van der Waals surface area contributed by atoms with Gasteiger partial charge in [-0.25, -0.2) is 0 Å². The van der Waals surface area contributed by atoms with E-state index < -0.39 is 0 Å². The first kappa shape index (κ1) is 11.4. The topological polar surface area (TPSA) is 109 Å². The molecule has 0 aromatic carbocycles. The van der Waals surface area contributed by atoms with E-state index in [-0.39, 0.29) is 0 Å². The number of nitrogens with zero attached hydrogens (tertiary/aromatic N) is 5. The summed E-state index contributed by atoms with van der Waals surface area (Å²) in [6.45, 7) is 0. The third kappa shape index (κ3) is 2.43. The minimum absolute atomic E-state index is 0.551. The van der Waals surface area contributed by atoms with Crippen molar-refractivity contribution in [3.8, 4) is 11.6 Å². The maximum absolute atomic E-state index is 5.37. The number of aromatic nitrogens is 7. The zero-order chi connectivity index (χ0) is 12.4. The fourth-order valence-electron chi connectivity index (χ4n) is 1.24. The van der Waals surface area contributed by atoms with Gasteiger partial charge in [0.15, 0.2) is 22.1 Å². The zero-order valence-electron chi connectivity index (χ0n) is 8.79. The van der Waals surface area contributed by atoms with Gasteiger partial charge in [0.1, 0.15) is 0 Å². The van der Waals surface area contributed by atoms with Crippen molar-refractivity contribution < 1.29 is 4.42 Å². The van der Waals surface area contributed by atoms with E-state index in [1.165, 1.54) is 11.8 Å². The molecule has 0 unspecified atom stereocenters. The van der Waals surface area contributed by atoms with Crippen LogP contribution in [0.4, 0.5) is 0 Å². The molecule has 0 atom stereocenters. The Balaban J connectivity index is 1.70. The van der Waals surface area contributed by atoms with Crippen LogP contribution in [0.1, 0.15) is 5.82 Å². The fraction of sp³-hybridized carbons (Fsp3) is 0.125. The number of hydrogen-bond acceptors (Lipinski definition) is 7. The van der Waals surface area contributed by atoms with Crippen molar-refractivity contribution in [2.45, 2.75) is 10.9 Å². The van der Waals surface area contributed by atoms with Gasteiger partial charge in [0.25, 0.3) is 0 Å². The lowest BCUT2D eigenvalue weighted by atomic mass is 10.4. The summed E-state index contributed by atoms with van der Waals surface area (Å²) in [5, 5.41) is 21.0. The Kier molecular flexibility index (Phi) is 3.11. The van der Waals surface area contributed by atoms with Gasteiger partial charge in [0, 0.05) is 0 Å². The quantitative estimate of drug-likeness (QED) is 0.701. The lowest BCUT2D eigenvalue weighted by Gasteiger charge is -1.89. The molecule has 0 amide bonds. The summed E-state index contributed by atoms with van der Waals surface area (Å²) in [7, 11) is 0. The molecule has 3 rings (SSSR count). The molecule has 0 saturated carbocycles. The Bertz CT molecular complexity index is 633. The second-order valence-corrected chi connectivity index (χ2v) is 4.91. The Morgan fingerprint density at radius 1 is 1.33 bits per heavy atom. The molecule has 0 saturated heterocycles. The van der Waals surface area contributed by atoms with Crippen LogP contribution in [0.3, 0.4) is 0 Å². The van der Waals surface area contributed by atoms with Crippen LogP contribution in [0.5, 0.6) is 0 Å². The Hall–Kier alpha value is -1.68. The van der Waals surface area contributed by atoms with Crippen LogP contribution in [0.25, 0.3) is 11.6 Å². The fourth-order valence-corrected chi connectivity index (χ4v) is 2.19. The maximum atomic E-state index is 5.37. The smallest absolute Gasteiger partial charge is 0.209 e. The number of aromatic amines is 2. The number of thioether (sulfide) groups is 1. The Morgan fingerprint density at radius 3 is 3.00 bits per heavy atom. The van der Waals surface area contributed by atoms with Crippen molar-refractivity contribution >= 4 is 27.7 Å². The van der Waals surface area contributed by atoms with Gasteiger partial charge in [0.2, 0.25) is 5.16 Å². The van der Waals surface area contributed by atoms with Gasteiger partial charge in [-0.05, 0) is 28.1 Å². The van der Waals surface area contributed by atoms with E-state index >= 15 is 0 Å². The summed E-state index contributed by atoms with van der Waals surface area (Å²) in [6.07, 6.45) is 0. The van der Waals surface area contributed by atoms with Gasteiger partial charge in [-0.1, -0.05) is 17.0 Å². The molecule has 2 N–H and O–H groups in total. The van der Waals surface area contributed by atoms with Crippen LogP contribution >= 0.6 is 27.7 Å². The van der Waals surface area contributed by atoms with Crippen LogP contribution < -0.4 is 0 Å². The summed E-state index contributed by atoms with van der Waals surface area (Å²) in [4.78, 5) is 4.29. The Morgan fingerprint density at radius 2 is 2.28 bits per heavy atom. The molecule has 0 fully saturated rings. The number of rotatable bonds is 4. The first-order chi connectivity index (χ1) is 8.81. The van der Waals surface area contributed by atoms with Gasteiger partial charge >= 0.3 is 0 Å². The standard InChI is InChI=1S/C8H6BrN7OS/c9-5-2-1-4(17-5)7-10-8(14-13-7)18-3-6-11-15-16-12-6/h1-2H,3H2,(H,10,13,14)(H,11,12,15,16). The highest BCUT2D eigenvalue weighted by atomic mass is 79.9. The molecule has 0 aliphatic heterocycles. The van der Waals surface area contributed by atoms with Gasteiger partial charge in [-0.3, -0.25) is 5.10 Å². The maximum Gasteiger partial charge on any atom is 0.209 e. The zero-order valence-corrected chi connectivity index (χ0v) is 11.2. The lowest BCUT2D eigenvalue weighted by molar-refractivity contribution is 0.551. The highest BCUT2D eigenvalue weighted by Crippen LogP contribution is 2.24. The molecule has 0 spiro atoms. The van der Waals surface area contributed by atoms with E-state index in [2.05, 4.69) is 51.7 Å². The minimum atomic E-state index is 0.551. The van der Waals surface area contributed by atoms with Crippen LogP contribution in [-0.2, 0) is 5.75 Å². The first-order valence-corrected chi connectivity index (χ1v) is 6.62. The van der Waals surface area contributed by atoms with Crippen LogP contribution in [0.2, 0.25) is 0 Å². The normalized spacial score (nSPS) is 10.9. The highest BCUT2D eigenvalue weighted by Gasteiger charge is 2.10. The molecule has 10 heteroatoms. The number of halogens is 1. The van der Waals surface area contributed by atoms with E-state index in [4.69, 9.17) is 4.42 Å². The van der Waals surface area contributed by atoms with Gasteiger partial charge in [0.05, 0.1) is 5.75 Å². The average molecular weight is 328 g/mol. The Labute approximate surface area is 113 Å². The third-order valence-electron chi connectivity index (χ3n) is 1.99.